The number of hydrogen-bond donors (Lipinski definition) is 4. The molecule has 0 aliphatic heterocycles. The highest BCUT2D eigenvalue weighted by atomic mass is 32.2. The number of anilines is 3. The molecule has 0 saturated heterocycles. The predicted molar refractivity (Wildman–Crippen MR) is 51.8 cm³/mol. The van der Waals surface area contributed by atoms with E-state index in [9.17, 15) is 8.42 Å². The molecule has 1 heterocycles. The van der Waals surface area contributed by atoms with Gasteiger partial charge < -0.3 is 16.8 Å². The first-order valence-electron chi connectivity index (χ1n) is 3.49. The van der Waals surface area contributed by atoms with Gasteiger partial charge >= 0.3 is 0 Å². The third-order valence-electron chi connectivity index (χ3n) is 1.43. The minimum absolute atomic E-state index is 0.132. The van der Waals surface area contributed by atoms with Crippen molar-refractivity contribution in [3.05, 3.63) is 0 Å². The van der Waals surface area contributed by atoms with E-state index >= 15 is 0 Å². The first kappa shape index (κ1) is 10.5. The second-order valence-electron chi connectivity index (χ2n) is 2.44. The molecule has 0 spiro atoms. The fourth-order valence-corrected chi connectivity index (χ4v) is 1.56. The lowest BCUT2D eigenvalue weighted by molar-refractivity contribution is 0.598. The zero-order valence-corrected chi connectivity index (χ0v) is 8.17. The molecule has 0 saturated carbocycles. The number of primary sulfonamides is 1. The second kappa shape index (κ2) is 3.27. The van der Waals surface area contributed by atoms with Crippen molar-refractivity contribution in [2.45, 2.75) is 4.90 Å². The minimum atomic E-state index is -3.99. The topological polar surface area (TPSA) is 150 Å². The summed E-state index contributed by atoms with van der Waals surface area (Å²) in [7, 11) is -2.45. The Balaban J connectivity index is 3.48. The van der Waals surface area contributed by atoms with Crippen LogP contribution in [0.25, 0.3) is 0 Å². The molecule has 0 fully saturated rings. The summed E-state index contributed by atoms with van der Waals surface area (Å²) >= 11 is 0. The summed E-state index contributed by atoms with van der Waals surface area (Å²) in [5.41, 5.74) is 10.7. The molecule has 78 valence electrons. The Labute approximate surface area is 80.6 Å². The van der Waals surface area contributed by atoms with E-state index in [4.69, 9.17) is 16.6 Å². The van der Waals surface area contributed by atoms with E-state index in [0.29, 0.717) is 0 Å². The van der Waals surface area contributed by atoms with Gasteiger partial charge in [0.05, 0.1) is 0 Å². The summed E-state index contributed by atoms with van der Waals surface area (Å²) in [6.07, 6.45) is 0. The fourth-order valence-electron chi connectivity index (χ4n) is 0.889. The first-order valence-corrected chi connectivity index (χ1v) is 5.04. The molecule has 0 radical (unpaired) electrons. The monoisotopic (exact) mass is 218 g/mol. The van der Waals surface area contributed by atoms with Crippen molar-refractivity contribution in [1.82, 2.24) is 9.97 Å². The molecule has 0 bridgehead atoms. The lowest BCUT2D eigenvalue weighted by Crippen LogP contribution is -2.19. The highest BCUT2D eigenvalue weighted by Gasteiger charge is 2.19. The Morgan fingerprint density at radius 2 is 1.64 bits per heavy atom. The number of aromatic nitrogens is 2. The van der Waals surface area contributed by atoms with E-state index in [1.54, 1.807) is 7.05 Å². The van der Waals surface area contributed by atoms with Gasteiger partial charge in [-0.3, -0.25) is 0 Å². The molecule has 0 unspecified atom stereocenters. The molecule has 1 aromatic rings. The van der Waals surface area contributed by atoms with Crippen molar-refractivity contribution < 1.29 is 8.42 Å². The Bertz CT molecular complexity index is 432. The van der Waals surface area contributed by atoms with Crippen molar-refractivity contribution in [2.24, 2.45) is 5.14 Å². The highest BCUT2D eigenvalue weighted by Crippen LogP contribution is 2.21. The van der Waals surface area contributed by atoms with Crippen molar-refractivity contribution >= 4 is 27.6 Å². The van der Waals surface area contributed by atoms with E-state index in [1.807, 2.05) is 0 Å². The number of nitrogens with one attached hydrogen (secondary N) is 1. The Morgan fingerprint density at radius 3 is 1.93 bits per heavy atom. The van der Waals surface area contributed by atoms with Gasteiger partial charge in [-0.25, -0.2) is 13.6 Å². The van der Waals surface area contributed by atoms with Crippen LogP contribution in [0.1, 0.15) is 0 Å². The van der Waals surface area contributed by atoms with Crippen molar-refractivity contribution in [1.29, 1.82) is 0 Å². The van der Waals surface area contributed by atoms with Gasteiger partial charge in [0, 0.05) is 7.05 Å². The van der Waals surface area contributed by atoms with Crippen LogP contribution in [0.2, 0.25) is 0 Å². The van der Waals surface area contributed by atoms with E-state index in [2.05, 4.69) is 15.3 Å². The highest BCUT2D eigenvalue weighted by molar-refractivity contribution is 7.89. The molecule has 7 N–H and O–H groups in total. The predicted octanol–water partition coefficient (Wildman–Crippen LogP) is -1.67. The molecule has 0 aliphatic rings. The lowest BCUT2D eigenvalue weighted by atomic mass is 10.5. The smallest absolute Gasteiger partial charge is 0.245 e. The largest absolute Gasteiger partial charge is 0.382 e. The maximum absolute atomic E-state index is 11.0. The Morgan fingerprint density at radius 1 is 1.21 bits per heavy atom. The quantitative estimate of drug-likeness (QED) is 0.463. The van der Waals surface area contributed by atoms with Crippen LogP contribution in [-0.4, -0.2) is 25.4 Å². The summed E-state index contributed by atoms with van der Waals surface area (Å²) < 4.78 is 22.0. The third kappa shape index (κ3) is 1.83. The van der Waals surface area contributed by atoms with Gasteiger partial charge in [0.15, 0.2) is 16.5 Å². The fraction of sp³-hybridized carbons (Fsp3) is 0.200. The minimum Gasteiger partial charge on any atom is -0.382 e. The number of rotatable bonds is 2. The van der Waals surface area contributed by atoms with Gasteiger partial charge in [-0.1, -0.05) is 0 Å². The molecule has 0 aromatic carbocycles. The Kier molecular flexibility index (Phi) is 2.45. The zero-order chi connectivity index (χ0) is 10.9. The van der Waals surface area contributed by atoms with Crippen LogP contribution in [-0.2, 0) is 10.0 Å². The van der Waals surface area contributed by atoms with Crippen LogP contribution in [0.5, 0.6) is 0 Å². The number of sulfonamides is 1. The van der Waals surface area contributed by atoms with Gasteiger partial charge in [-0.2, -0.15) is 9.97 Å². The Hall–Kier alpha value is -1.61. The second-order valence-corrected chi connectivity index (χ2v) is 3.94. The van der Waals surface area contributed by atoms with Crippen molar-refractivity contribution in [3.8, 4) is 0 Å². The van der Waals surface area contributed by atoms with E-state index in [0.717, 1.165) is 0 Å². The lowest BCUT2D eigenvalue weighted by Gasteiger charge is -2.07. The summed E-state index contributed by atoms with van der Waals surface area (Å²) in [6, 6.07) is 0. The van der Waals surface area contributed by atoms with Crippen LogP contribution in [0.15, 0.2) is 4.90 Å². The molecule has 1 rings (SSSR count). The molecular formula is C5H10N6O2S. The van der Waals surface area contributed by atoms with Gasteiger partial charge in [-0.05, 0) is 0 Å². The van der Waals surface area contributed by atoms with Gasteiger partial charge in [0.2, 0.25) is 16.0 Å². The van der Waals surface area contributed by atoms with Gasteiger partial charge in [0.1, 0.15) is 0 Å². The van der Waals surface area contributed by atoms with Crippen LogP contribution in [0.4, 0.5) is 17.6 Å². The van der Waals surface area contributed by atoms with Gasteiger partial charge in [-0.15, -0.1) is 0 Å². The van der Waals surface area contributed by atoms with Crippen molar-refractivity contribution in [3.63, 3.8) is 0 Å². The van der Waals surface area contributed by atoms with Gasteiger partial charge in [0.25, 0.3) is 0 Å². The normalized spacial score (nSPS) is 11.3. The summed E-state index contributed by atoms with van der Waals surface area (Å²) in [4.78, 5) is 6.82. The molecule has 14 heavy (non-hydrogen) atoms. The SMILES string of the molecule is CNc1nc(N)c(S(N)(=O)=O)c(N)n1. The van der Waals surface area contributed by atoms with Crippen LogP contribution in [0, 0.1) is 0 Å². The van der Waals surface area contributed by atoms with Crippen LogP contribution >= 0.6 is 0 Å². The van der Waals surface area contributed by atoms with Crippen LogP contribution < -0.4 is 21.9 Å². The number of nitrogens with two attached hydrogens (primary N) is 3. The summed E-state index contributed by atoms with van der Waals surface area (Å²) in [5.74, 6) is -0.416. The average molecular weight is 218 g/mol. The summed E-state index contributed by atoms with van der Waals surface area (Å²) in [5, 5.41) is 7.43. The average Bonchev–Trinajstić information content (AvgIpc) is 1.99. The number of hydrogen-bond acceptors (Lipinski definition) is 7. The first-order chi connectivity index (χ1) is 6.36. The summed E-state index contributed by atoms with van der Waals surface area (Å²) in [6.45, 7) is 0. The standard InChI is InChI=1S/C5H10N6O2S/c1-9-5-10-3(6)2(4(7)11-5)14(8,12)13/h1H3,(H2,8,12,13)(H5,6,7,9,10,11). The van der Waals surface area contributed by atoms with E-state index in [-0.39, 0.29) is 17.6 Å². The molecule has 9 heteroatoms. The van der Waals surface area contributed by atoms with E-state index in [1.165, 1.54) is 0 Å². The van der Waals surface area contributed by atoms with Crippen molar-refractivity contribution in [2.75, 3.05) is 23.8 Å². The molecule has 0 aliphatic carbocycles. The molecule has 0 atom stereocenters. The maximum Gasteiger partial charge on any atom is 0.245 e. The molecule has 0 amide bonds. The maximum atomic E-state index is 11.0. The molecule has 1 aromatic heterocycles. The third-order valence-corrected chi connectivity index (χ3v) is 2.41. The van der Waals surface area contributed by atoms with E-state index < -0.39 is 14.9 Å². The van der Waals surface area contributed by atoms with Crippen LogP contribution in [0.3, 0.4) is 0 Å². The number of nitrogens with zero attached hydrogens (tertiary/aromatic N) is 2. The number of nitrogen functional groups attached to an aromatic ring is 2. The molecule has 8 nitrogen and oxygen atoms in total. The zero-order valence-electron chi connectivity index (χ0n) is 7.35. The molecular weight excluding hydrogens is 208 g/mol.